The van der Waals surface area contributed by atoms with Gasteiger partial charge in [-0.15, -0.1) is 16.4 Å². The van der Waals surface area contributed by atoms with E-state index in [1.165, 1.54) is 23.5 Å². The molecule has 1 aliphatic heterocycles. The lowest BCUT2D eigenvalue weighted by atomic mass is 10.1. The fourth-order valence-electron chi connectivity index (χ4n) is 4.17. The van der Waals surface area contributed by atoms with Crippen LogP contribution in [-0.2, 0) is 13.1 Å². The lowest BCUT2D eigenvalue weighted by Gasteiger charge is -2.34. The molecule has 28 heavy (non-hydrogen) atoms. The molecule has 0 saturated carbocycles. The number of quaternary nitrogens is 2. The van der Waals surface area contributed by atoms with Crippen molar-refractivity contribution in [3.05, 3.63) is 58.3 Å². The molecule has 4 rings (SSSR count). The van der Waals surface area contributed by atoms with E-state index >= 15 is 0 Å². The smallest absolute Gasteiger partial charge is 0.209 e. The molecule has 4 heterocycles. The summed E-state index contributed by atoms with van der Waals surface area (Å²) in [5.41, 5.74) is 1.37. The molecule has 1 atom stereocenters. The Morgan fingerprint density at radius 2 is 1.96 bits per heavy atom. The molecule has 0 unspecified atom stereocenters. The van der Waals surface area contributed by atoms with Crippen molar-refractivity contribution in [1.82, 2.24) is 25.2 Å². The molecule has 3 aromatic heterocycles. The van der Waals surface area contributed by atoms with E-state index in [1.807, 2.05) is 17.1 Å². The van der Waals surface area contributed by atoms with Crippen LogP contribution in [0.1, 0.15) is 42.1 Å². The predicted octanol–water partition coefficient (Wildman–Crippen LogP) is 0.00270. The first kappa shape index (κ1) is 19.2. The Balaban J connectivity index is 1.41. The summed E-state index contributed by atoms with van der Waals surface area (Å²) in [5, 5.41) is 14.9. The topological polar surface area (TPSA) is 65.4 Å². The third kappa shape index (κ3) is 4.63. The Labute approximate surface area is 170 Å². The fraction of sp³-hybridized carbons (Fsp3) is 0.500. The SMILES string of the molecule is CCC[C@@H](c1nnnn1Cc1cccs1)[NH+]1CC[NH+](Cc2ccncc2)CC1. The van der Waals surface area contributed by atoms with E-state index in [4.69, 9.17) is 0 Å². The molecule has 0 radical (unpaired) electrons. The van der Waals surface area contributed by atoms with E-state index in [2.05, 4.69) is 57.1 Å². The number of thiophene rings is 1. The van der Waals surface area contributed by atoms with Crippen LogP contribution in [0, 0.1) is 0 Å². The van der Waals surface area contributed by atoms with Crippen molar-refractivity contribution < 1.29 is 9.80 Å². The number of hydrogen-bond acceptors (Lipinski definition) is 5. The minimum absolute atomic E-state index is 0.377. The summed E-state index contributed by atoms with van der Waals surface area (Å²) in [6.45, 7) is 8.81. The van der Waals surface area contributed by atoms with Gasteiger partial charge in [0.25, 0.3) is 0 Å². The minimum Gasteiger partial charge on any atom is -0.322 e. The molecular weight excluding hydrogens is 370 g/mol. The normalized spacial score (nSPS) is 20.9. The molecule has 3 aromatic rings. The zero-order chi connectivity index (χ0) is 19.2. The van der Waals surface area contributed by atoms with Crippen molar-refractivity contribution in [1.29, 1.82) is 0 Å². The number of nitrogens with zero attached hydrogens (tertiary/aromatic N) is 5. The van der Waals surface area contributed by atoms with Gasteiger partial charge in [0.05, 0.1) is 6.54 Å². The third-order valence-corrected chi connectivity index (χ3v) is 6.49. The van der Waals surface area contributed by atoms with E-state index in [0.29, 0.717) is 6.04 Å². The molecule has 0 amide bonds. The second kappa shape index (κ2) is 9.36. The Morgan fingerprint density at radius 1 is 1.14 bits per heavy atom. The summed E-state index contributed by atoms with van der Waals surface area (Å²) in [4.78, 5) is 8.70. The molecule has 8 heteroatoms. The zero-order valence-electron chi connectivity index (χ0n) is 16.4. The Hall–Kier alpha value is -2.16. The van der Waals surface area contributed by atoms with E-state index in [-0.39, 0.29) is 0 Å². The van der Waals surface area contributed by atoms with E-state index in [1.54, 1.807) is 21.1 Å². The summed E-state index contributed by atoms with van der Waals surface area (Å²) in [6, 6.07) is 8.88. The largest absolute Gasteiger partial charge is 0.322 e. The highest BCUT2D eigenvalue weighted by atomic mass is 32.1. The highest BCUT2D eigenvalue weighted by Gasteiger charge is 2.33. The first-order valence-corrected chi connectivity index (χ1v) is 11.1. The monoisotopic (exact) mass is 399 g/mol. The van der Waals surface area contributed by atoms with Crippen molar-refractivity contribution in [3.63, 3.8) is 0 Å². The molecular formula is C20H29N7S+2. The first-order valence-electron chi connectivity index (χ1n) is 10.2. The Kier molecular flexibility index (Phi) is 6.41. The van der Waals surface area contributed by atoms with Gasteiger partial charge in [-0.05, 0) is 34.0 Å². The third-order valence-electron chi connectivity index (χ3n) is 5.63. The molecule has 1 saturated heterocycles. The van der Waals surface area contributed by atoms with E-state index in [9.17, 15) is 0 Å². The van der Waals surface area contributed by atoms with Crippen LogP contribution in [0.2, 0.25) is 0 Å². The van der Waals surface area contributed by atoms with Gasteiger partial charge >= 0.3 is 0 Å². The number of piperazine rings is 1. The van der Waals surface area contributed by atoms with Crippen LogP contribution in [0.4, 0.5) is 0 Å². The summed E-state index contributed by atoms with van der Waals surface area (Å²) in [6.07, 6.45) is 6.05. The van der Waals surface area contributed by atoms with Crippen LogP contribution in [-0.4, -0.2) is 51.4 Å². The molecule has 1 fully saturated rings. The van der Waals surface area contributed by atoms with Gasteiger partial charge in [0.15, 0.2) is 0 Å². The second-order valence-corrected chi connectivity index (χ2v) is 8.59. The maximum atomic E-state index is 4.45. The predicted molar refractivity (Wildman–Crippen MR) is 108 cm³/mol. The van der Waals surface area contributed by atoms with Crippen molar-refractivity contribution in [2.75, 3.05) is 26.2 Å². The van der Waals surface area contributed by atoms with Gasteiger partial charge in [0.1, 0.15) is 38.8 Å². The molecule has 148 valence electrons. The van der Waals surface area contributed by atoms with E-state index < -0.39 is 0 Å². The standard InChI is InChI=1S/C20H27N7S/c1-2-4-19(20-22-23-24-27(20)16-18-5-3-14-28-18)26-12-10-25(11-13-26)15-17-6-8-21-9-7-17/h3,5-9,14,19H,2,4,10-13,15-16H2,1H3/p+2/t19-/m0/s1. The Bertz CT molecular complexity index is 825. The van der Waals surface area contributed by atoms with Crippen LogP contribution >= 0.6 is 11.3 Å². The van der Waals surface area contributed by atoms with Gasteiger partial charge in [0.2, 0.25) is 5.82 Å². The number of hydrogen-bond donors (Lipinski definition) is 2. The molecule has 2 N–H and O–H groups in total. The van der Waals surface area contributed by atoms with Gasteiger partial charge in [0, 0.05) is 29.3 Å². The van der Waals surface area contributed by atoms with Gasteiger partial charge in [-0.1, -0.05) is 19.4 Å². The molecule has 0 bridgehead atoms. The summed E-state index contributed by atoms with van der Waals surface area (Å²) in [5.74, 6) is 1.04. The van der Waals surface area contributed by atoms with Crippen LogP contribution < -0.4 is 9.80 Å². The summed E-state index contributed by atoms with van der Waals surface area (Å²) >= 11 is 1.76. The first-order chi connectivity index (χ1) is 13.8. The number of pyridine rings is 1. The van der Waals surface area contributed by atoms with Crippen LogP contribution in [0.25, 0.3) is 0 Å². The van der Waals surface area contributed by atoms with Crippen LogP contribution in [0.15, 0.2) is 42.0 Å². The minimum atomic E-state index is 0.377. The van der Waals surface area contributed by atoms with Gasteiger partial charge in [-0.2, -0.15) is 0 Å². The number of tetrazole rings is 1. The molecule has 0 aliphatic carbocycles. The highest BCUT2D eigenvalue weighted by molar-refractivity contribution is 7.09. The zero-order valence-corrected chi connectivity index (χ0v) is 17.2. The number of rotatable bonds is 8. The average Bonchev–Trinajstić information content (AvgIpc) is 3.40. The van der Waals surface area contributed by atoms with Crippen molar-refractivity contribution in [2.45, 2.75) is 38.9 Å². The lowest BCUT2D eigenvalue weighted by Crippen LogP contribution is -3.27. The number of nitrogens with one attached hydrogen (secondary N) is 2. The Morgan fingerprint density at radius 3 is 2.68 bits per heavy atom. The van der Waals surface area contributed by atoms with Crippen molar-refractivity contribution >= 4 is 11.3 Å². The molecule has 0 spiro atoms. The number of aromatic nitrogens is 5. The summed E-state index contributed by atoms with van der Waals surface area (Å²) < 4.78 is 2.01. The van der Waals surface area contributed by atoms with Gasteiger partial charge < -0.3 is 9.80 Å². The summed E-state index contributed by atoms with van der Waals surface area (Å²) in [7, 11) is 0. The highest BCUT2D eigenvalue weighted by Crippen LogP contribution is 2.16. The lowest BCUT2D eigenvalue weighted by molar-refractivity contribution is -1.03. The molecule has 1 aliphatic rings. The van der Waals surface area contributed by atoms with Crippen LogP contribution in [0.3, 0.4) is 0 Å². The maximum absolute atomic E-state index is 4.45. The van der Waals surface area contributed by atoms with Crippen molar-refractivity contribution in [2.24, 2.45) is 0 Å². The van der Waals surface area contributed by atoms with Gasteiger partial charge in [-0.3, -0.25) is 4.98 Å². The quantitative estimate of drug-likeness (QED) is 0.560. The molecule has 7 nitrogen and oxygen atoms in total. The van der Waals surface area contributed by atoms with E-state index in [0.717, 1.165) is 44.8 Å². The van der Waals surface area contributed by atoms with Crippen LogP contribution in [0.5, 0.6) is 0 Å². The molecule has 0 aromatic carbocycles. The van der Waals surface area contributed by atoms with Gasteiger partial charge in [-0.25, -0.2) is 4.68 Å². The van der Waals surface area contributed by atoms with Crippen molar-refractivity contribution in [3.8, 4) is 0 Å². The maximum Gasteiger partial charge on any atom is 0.209 e. The average molecular weight is 400 g/mol. The second-order valence-electron chi connectivity index (χ2n) is 7.56. The fourth-order valence-corrected chi connectivity index (χ4v) is 4.85.